The summed E-state index contributed by atoms with van der Waals surface area (Å²) in [5, 5.41) is 5.30. The molecule has 2 heteroatoms. The van der Waals surface area contributed by atoms with E-state index < -0.39 is 0 Å². The summed E-state index contributed by atoms with van der Waals surface area (Å²) in [7, 11) is 2.19. The fourth-order valence-corrected chi connectivity index (χ4v) is 7.20. The maximum absolute atomic E-state index is 2.53. The minimum absolute atomic E-state index is 0.0402. The molecule has 0 saturated carbocycles. The van der Waals surface area contributed by atoms with Crippen LogP contribution in [-0.4, -0.2) is 22.9 Å². The second kappa shape index (κ2) is 9.06. The first-order valence-corrected chi connectivity index (χ1v) is 14.5. The van der Waals surface area contributed by atoms with Crippen molar-refractivity contribution in [2.45, 2.75) is 64.8 Å². The molecule has 0 fully saturated rings. The van der Waals surface area contributed by atoms with Crippen molar-refractivity contribution in [1.29, 1.82) is 0 Å². The van der Waals surface area contributed by atoms with E-state index in [4.69, 9.17) is 0 Å². The van der Waals surface area contributed by atoms with Gasteiger partial charge in [0.15, 0.2) is 5.71 Å². The highest BCUT2D eigenvalue weighted by Crippen LogP contribution is 2.53. The smallest absolute Gasteiger partial charge is 0.210 e. The fourth-order valence-electron chi connectivity index (χ4n) is 7.20. The second-order valence-electron chi connectivity index (χ2n) is 13.4. The van der Waals surface area contributed by atoms with E-state index in [1.807, 2.05) is 0 Å². The van der Waals surface area contributed by atoms with Gasteiger partial charge in [0.25, 0.3) is 0 Å². The average molecular weight is 526 g/mol. The third-order valence-corrected chi connectivity index (χ3v) is 8.95. The van der Waals surface area contributed by atoms with Crippen LogP contribution in [0, 0.1) is 0 Å². The quantitative estimate of drug-likeness (QED) is 0.191. The molecule has 40 heavy (non-hydrogen) atoms. The van der Waals surface area contributed by atoms with Crippen LogP contribution >= 0.6 is 0 Å². The van der Waals surface area contributed by atoms with Crippen LogP contribution in [0.3, 0.4) is 0 Å². The van der Waals surface area contributed by atoms with Gasteiger partial charge in [-0.15, -0.1) is 0 Å². The Bertz CT molecular complexity index is 1780. The SMILES string of the molecule is C[N+]1=C(C=CC=CC=C2N(C(C)(C)C)c3ccc4ccccc4c3C2(C)C)C(C)(C)c2c1ccc1ccccc21. The lowest BCUT2D eigenvalue weighted by molar-refractivity contribution is -0.401. The molecule has 0 aromatic heterocycles. The summed E-state index contributed by atoms with van der Waals surface area (Å²) >= 11 is 0. The minimum atomic E-state index is -0.108. The van der Waals surface area contributed by atoms with Crippen molar-refractivity contribution in [3.63, 3.8) is 0 Å². The van der Waals surface area contributed by atoms with Crippen molar-refractivity contribution in [1.82, 2.24) is 0 Å². The van der Waals surface area contributed by atoms with Crippen LogP contribution in [0.4, 0.5) is 11.4 Å². The first-order chi connectivity index (χ1) is 18.9. The highest BCUT2D eigenvalue weighted by Gasteiger charge is 2.45. The van der Waals surface area contributed by atoms with Crippen molar-refractivity contribution >= 4 is 38.6 Å². The van der Waals surface area contributed by atoms with Gasteiger partial charge in [-0.05, 0) is 79.9 Å². The first-order valence-electron chi connectivity index (χ1n) is 14.5. The van der Waals surface area contributed by atoms with Gasteiger partial charge in [-0.1, -0.05) is 86.7 Å². The zero-order valence-corrected chi connectivity index (χ0v) is 25.2. The van der Waals surface area contributed by atoms with Crippen LogP contribution in [0.2, 0.25) is 0 Å². The van der Waals surface area contributed by atoms with E-state index in [2.05, 4.69) is 168 Å². The first kappa shape index (κ1) is 26.3. The van der Waals surface area contributed by atoms with E-state index in [0.717, 1.165) is 0 Å². The van der Waals surface area contributed by atoms with Crippen LogP contribution < -0.4 is 4.90 Å². The Balaban J connectivity index is 1.35. The van der Waals surface area contributed by atoms with Crippen molar-refractivity contribution < 1.29 is 4.58 Å². The van der Waals surface area contributed by atoms with Gasteiger partial charge < -0.3 is 4.90 Å². The van der Waals surface area contributed by atoms with Crippen molar-refractivity contribution in [3.8, 4) is 0 Å². The Morgan fingerprint density at radius 2 is 1.27 bits per heavy atom. The van der Waals surface area contributed by atoms with Gasteiger partial charge in [0.05, 0.1) is 5.41 Å². The minimum Gasteiger partial charge on any atom is -0.339 e. The molecule has 2 heterocycles. The van der Waals surface area contributed by atoms with Gasteiger partial charge in [-0.25, -0.2) is 0 Å². The average Bonchev–Trinajstić information content (AvgIpc) is 3.27. The zero-order chi connectivity index (χ0) is 28.4. The molecule has 0 spiro atoms. The summed E-state index contributed by atoms with van der Waals surface area (Å²) in [5.41, 5.74) is 7.88. The van der Waals surface area contributed by atoms with Gasteiger partial charge >= 0.3 is 0 Å². The fraction of sp³-hybridized carbons (Fsp3) is 0.289. The summed E-state index contributed by atoms with van der Waals surface area (Å²) in [6.07, 6.45) is 11.2. The van der Waals surface area contributed by atoms with Gasteiger partial charge in [0.1, 0.15) is 7.05 Å². The van der Waals surface area contributed by atoms with Crippen LogP contribution in [0.1, 0.15) is 59.6 Å². The van der Waals surface area contributed by atoms with E-state index in [-0.39, 0.29) is 16.4 Å². The lowest BCUT2D eigenvalue weighted by atomic mass is 9.79. The number of fused-ring (bicyclic) bond motifs is 6. The van der Waals surface area contributed by atoms with Crippen LogP contribution in [0.15, 0.2) is 109 Å². The lowest BCUT2D eigenvalue weighted by Crippen LogP contribution is -2.41. The zero-order valence-electron chi connectivity index (χ0n) is 25.2. The highest BCUT2D eigenvalue weighted by molar-refractivity contribution is 6.07. The summed E-state index contributed by atoms with van der Waals surface area (Å²) < 4.78 is 2.35. The Kier molecular flexibility index (Phi) is 5.96. The molecule has 0 aliphatic carbocycles. The lowest BCUT2D eigenvalue weighted by Gasteiger charge is -2.38. The van der Waals surface area contributed by atoms with E-state index in [1.54, 1.807) is 0 Å². The maximum Gasteiger partial charge on any atom is 0.210 e. The number of allylic oxidation sites excluding steroid dienone is 6. The molecule has 6 rings (SSSR count). The molecule has 202 valence electrons. The number of hydrogen-bond donors (Lipinski definition) is 0. The van der Waals surface area contributed by atoms with Gasteiger partial charge in [-0.2, -0.15) is 4.58 Å². The Labute approximate surface area is 239 Å². The molecule has 0 bridgehead atoms. The second-order valence-corrected chi connectivity index (χ2v) is 13.4. The van der Waals surface area contributed by atoms with E-state index in [9.17, 15) is 0 Å². The topological polar surface area (TPSA) is 6.25 Å². The van der Waals surface area contributed by atoms with Gasteiger partial charge in [0, 0.05) is 40.0 Å². The van der Waals surface area contributed by atoms with Gasteiger partial charge in [0.2, 0.25) is 5.69 Å². The Morgan fingerprint density at radius 3 is 1.93 bits per heavy atom. The van der Waals surface area contributed by atoms with E-state index in [1.165, 1.54) is 55.5 Å². The highest BCUT2D eigenvalue weighted by atomic mass is 15.2. The molecular formula is C38H41N2+. The van der Waals surface area contributed by atoms with Gasteiger partial charge in [-0.3, -0.25) is 0 Å². The third-order valence-electron chi connectivity index (χ3n) is 8.95. The maximum atomic E-state index is 2.53. The molecule has 4 aromatic carbocycles. The van der Waals surface area contributed by atoms with Crippen LogP contribution in [0.5, 0.6) is 0 Å². The van der Waals surface area contributed by atoms with E-state index >= 15 is 0 Å². The molecule has 0 radical (unpaired) electrons. The number of benzene rings is 4. The molecule has 2 aliphatic rings. The number of nitrogens with zero attached hydrogens (tertiary/aromatic N) is 2. The third kappa shape index (κ3) is 3.88. The van der Waals surface area contributed by atoms with Crippen molar-refractivity contribution in [2.24, 2.45) is 0 Å². The molecule has 0 unspecified atom stereocenters. The van der Waals surface area contributed by atoms with E-state index in [0.29, 0.717) is 0 Å². The summed E-state index contributed by atoms with van der Waals surface area (Å²) in [5.74, 6) is 0. The number of hydrogen-bond acceptors (Lipinski definition) is 1. The number of anilines is 1. The summed E-state index contributed by atoms with van der Waals surface area (Å²) in [6.45, 7) is 16.3. The number of rotatable bonds is 3. The largest absolute Gasteiger partial charge is 0.339 e. The standard InChI is InChI=1S/C38H41N2/c1-36(2,3)40-31-25-23-27-17-13-15-19-29(27)35(31)38(6,7)33(40)21-11-9-10-20-32-37(4,5)34-28-18-14-12-16-26(28)22-24-30(34)39(32)8/h9-25H,1-8H3/q+1. The molecular weight excluding hydrogens is 484 g/mol. The molecule has 2 nitrogen and oxygen atoms in total. The van der Waals surface area contributed by atoms with Crippen LogP contribution in [-0.2, 0) is 10.8 Å². The molecule has 0 N–H and O–H groups in total. The molecule has 0 amide bonds. The molecule has 0 saturated heterocycles. The molecule has 2 aliphatic heterocycles. The van der Waals surface area contributed by atoms with Crippen molar-refractivity contribution in [2.75, 3.05) is 11.9 Å². The summed E-state index contributed by atoms with van der Waals surface area (Å²) in [6, 6.07) is 26.6. The van der Waals surface area contributed by atoms with Crippen molar-refractivity contribution in [3.05, 3.63) is 120 Å². The predicted molar refractivity (Wildman–Crippen MR) is 173 cm³/mol. The summed E-state index contributed by atoms with van der Waals surface area (Å²) in [4.78, 5) is 2.53. The molecule has 0 atom stereocenters. The monoisotopic (exact) mass is 525 g/mol. The Hall–Kier alpha value is -3.91. The predicted octanol–water partition coefficient (Wildman–Crippen LogP) is 9.59. The van der Waals surface area contributed by atoms with Crippen LogP contribution in [0.25, 0.3) is 21.5 Å². The normalized spacial score (nSPS) is 19.1. The Morgan fingerprint density at radius 1 is 0.675 bits per heavy atom. The molecule has 4 aromatic rings.